The summed E-state index contributed by atoms with van der Waals surface area (Å²) < 4.78 is 0. The molecule has 1 amide bonds. The molecule has 0 aliphatic heterocycles. The number of amides is 1. The fraction of sp³-hybridized carbons (Fsp3) is 0.0870. The molecular weight excluding hydrogens is 366 g/mol. The fourth-order valence-electron chi connectivity index (χ4n) is 3.07. The number of thiazole rings is 1. The highest BCUT2D eigenvalue weighted by Gasteiger charge is 2.21. The van der Waals surface area contributed by atoms with Crippen LogP contribution in [-0.2, 0) is 11.2 Å². The van der Waals surface area contributed by atoms with E-state index in [0.717, 1.165) is 27.5 Å². The van der Waals surface area contributed by atoms with Gasteiger partial charge in [0.25, 0.3) is 0 Å². The number of pyridine rings is 1. The Kier molecular flexibility index (Phi) is 5.54. The van der Waals surface area contributed by atoms with Crippen LogP contribution >= 0.6 is 11.3 Å². The first-order valence-electron chi connectivity index (χ1n) is 9.05. The van der Waals surface area contributed by atoms with Crippen molar-refractivity contribution in [3.8, 4) is 10.6 Å². The number of hydrogen-bond acceptors (Lipinski definition) is 4. The van der Waals surface area contributed by atoms with Crippen LogP contribution in [0.4, 0.5) is 5.69 Å². The molecule has 0 radical (unpaired) electrons. The van der Waals surface area contributed by atoms with Gasteiger partial charge in [0.1, 0.15) is 5.01 Å². The Morgan fingerprint density at radius 2 is 1.68 bits per heavy atom. The van der Waals surface area contributed by atoms with Crippen LogP contribution in [0.5, 0.6) is 0 Å². The number of rotatable bonds is 6. The number of nitrogens with one attached hydrogen (secondary N) is 1. The van der Waals surface area contributed by atoms with Crippen LogP contribution in [0, 0.1) is 0 Å². The minimum Gasteiger partial charge on any atom is -0.326 e. The Balaban J connectivity index is 1.53. The van der Waals surface area contributed by atoms with E-state index in [-0.39, 0.29) is 11.8 Å². The molecule has 2 aromatic carbocycles. The molecule has 1 N–H and O–H groups in total. The predicted octanol–water partition coefficient (Wildman–Crippen LogP) is 5.17. The Labute approximate surface area is 167 Å². The summed E-state index contributed by atoms with van der Waals surface area (Å²) in [4.78, 5) is 21.8. The van der Waals surface area contributed by atoms with Crippen molar-refractivity contribution in [3.05, 3.63) is 102 Å². The van der Waals surface area contributed by atoms with Crippen molar-refractivity contribution in [3.63, 3.8) is 0 Å². The molecule has 4 nitrogen and oxygen atoms in total. The Hall–Kier alpha value is -3.31. The zero-order valence-electron chi connectivity index (χ0n) is 15.2. The minimum atomic E-state index is -0.310. The first kappa shape index (κ1) is 18.1. The van der Waals surface area contributed by atoms with Gasteiger partial charge in [0.2, 0.25) is 5.91 Å². The van der Waals surface area contributed by atoms with E-state index < -0.39 is 0 Å². The van der Waals surface area contributed by atoms with Crippen molar-refractivity contribution in [1.82, 2.24) is 9.97 Å². The van der Waals surface area contributed by atoms with Crippen LogP contribution in [-0.4, -0.2) is 15.9 Å². The normalized spacial score (nSPS) is 11.7. The number of aromatic nitrogens is 2. The quantitative estimate of drug-likeness (QED) is 0.498. The van der Waals surface area contributed by atoms with E-state index in [0.29, 0.717) is 6.42 Å². The lowest BCUT2D eigenvalue weighted by molar-refractivity contribution is -0.117. The van der Waals surface area contributed by atoms with E-state index in [1.165, 1.54) is 0 Å². The van der Waals surface area contributed by atoms with Crippen molar-refractivity contribution < 1.29 is 4.79 Å². The van der Waals surface area contributed by atoms with Gasteiger partial charge in [-0.1, -0.05) is 36.4 Å². The Morgan fingerprint density at radius 1 is 0.893 bits per heavy atom. The summed E-state index contributed by atoms with van der Waals surface area (Å²) in [7, 11) is 0. The second-order valence-corrected chi connectivity index (χ2v) is 7.29. The molecule has 0 saturated heterocycles. The summed E-state index contributed by atoms with van der Waals surface area (Å²) in [5.74, 6) is -0.353. The SMILES string of the molecule is O=C(Nc1ccc(-c2nccs2)cc1)C(Cc1ccccn1)c1ccccc1. The zero-order chi connectivity index (χ0) is 19.2. The first-order chi connectivity index (χ1) is 13.8. The highest BCUT2D eigenvalue weighted by molar-refractivity contribution is 7.13. The van der Waals surface area contributed by atoms with Crippen LogP contribution in [0.2, 0.25) is 0 Å². The molecule has 1 atom stereocenters. The number of nitrogens with zero attached hydrogens (tertiary/aromatic N) is 2. The maximum Gasteiger partial charge on any atom is 0.232 e. The second-order valence-electron chi connectivity index (χ2n) is 6.39. The molecule has 0 saturated carbocycles. The van der Waals surface area contributed by atoms with Crippen molar-refractivity contribution >= 4 is 22.9 Å². The van der Waals surface area contributed by atoms with E-state index in [9.17, 15) is 4.79 Å². The van der Waals surface area contributed by atoms with E-state index in [4.69, 9.17) is 0 Å². The standard InChI is InChI=1S/C23H19N3OS/c27-22(26-19-11-9-18(10-12-19)23-25-14-15-28-23)21(17-6-2-1-3-7-17)16-20-8-4-5-13-24-20/h1-15,21H,16H2,(H,26,27). The highest BCUT2D eigenvalue weighted by atomic mass is 32.1. The molecule has 0 fully saturated rings. The molecule has 5 heteroatoms. The zero-order valence-corrected chi connectivity index (χ0v) is 16.0. The fourth-order valence-corrected chi connectivity index (χ4v) is 3.71. The topological polar surface area (TPSA) is 54.9 Å². The number of hydrogen-bond donors (Lipinski definition) is 1. The third-order valence-corrected chi connectivity index (χ3v) is 5.31. The molecular formula is C23H19N3OS. The van der Waals surface area contributed by atoms with Gasteiger partial charge in [0.05, 0.1) is 5.92 Å². The largest absolute Gasteiger partial charge is 0.326 e. The van der Waals surface area contributed by atoms with Gasteiger partial charge >= 0.3 is 0 Å². The van der Waals surface area contributed by atoms with Gasteiger partial charge in [-0.2, -0.15) is 0 Å². The van der Waals surface area contributed by atoms with Crippen LogP contribution in [0.1, 0.15) is 17.2 Å². The van der Waals surface area contributed by atoms with Gasteiger partial charge in [0, 0.05) is 41.1 Å². The first-order valence-corrected chi connectivity index (χ1v) is 9.93. The van der Waals surface area contributed by atoms with Gasteiger partial charge < -0.3 is 5.32 Å². The van der Waals surface area contributed by atoms with Crippen LogP contribution < -0.4 is 5.32 Å². The van der Waals surface area contributed by atoms with Crippen LogP contribution in [0.3, 0.4) is 0 Å². The maximum absolute atomic E-state index is 13.1. The lowest BCUT2D eigenvalue weighted by Gasteiger charge is -2.17. The highest BCUT2D eigenvalue weighted by Crippen LogP contribution is 2.25. The molecule has 0 bridgehead atoms. The number of benzene rings is 2. The van der Waals surface area contributed by atoms with Gasteiger partial charge in [-0.15, -0.1) is 11.3 Å². The van der Waals surface area contributed by atoms with Gasteiger partial charge in [-0.3, -0.25) is 9.78 Å². The summed E-state index contributed by atoms with van der Waals surface area (Å²) in [6.45, 7) is 0. The molecule has 0 aliphatic carbocycles. The lowest BCUT2D eigenvalue weighted by Crippen LogP contribution is -2.23. The summed E-state index contributed by atoms with van der Waals surface area (Å²) in [5, 5.41) is 5.97. The molecule has 2 aromatic heterocycles. The van der Waals surface area contributed by atoms with Crippen LogP contribution in [0.25, 0.3) is 10.6 Å². The molecule has 0 spiro atoms. The molecule has 4 aromatic rings. The van der Waals surface area contributed by atoms with Gasteiger partial charge in [0.15, 0.2) is 0 Å². The number of carbonyl (C=O) groups excluding carboxylic acids is 1. The Bertz CT molecular complexity index is 1020. The molecule has 0 aliphatic rings. The monoisotopic (exact) mass is 385 g/mol. The third-order valence-electron chi connectivity index (χ3n) is 4.49. The second kappa shape index (κ2) is 8.59. The van der Waals surface area contributed by atoms with E-state index in [1.807, 2.05) is 78.2 Å². The van der Waals surface area contributed by atoms with Crippen molar-refractivity contribution in [2.24, 2.45) is 0 Å². The third kappa shape index (κ3) is 4.32. The lowest BCUT2D eigenvalue weighted by atomic mass is 9.93. The number of carbonyl (C=O) groups is 1. The maximum atomic E-state index is 13.1. The number of anilines is 1. The molecule has 1 unspecified atom stereocenters. The summed E-state index contributed by atoms with van der Waals surface area (Å²) in [5.41, 5.74) is 3.68. The summed E-state index contributed by atoms with van der Waals surface area (Å²) >= 11 is 1.59. The molecule has 28 heavy (non-hydrogen) atoms. The Morgan fingerprint density at radius 3 is 2.36 bits per heavy atom. The summed E-state index contributed by atoms with van der Waals surface area (Å²) in [6, 6.07) is 23.4. The van der Waals surface area contributed by atoms with Crippen molar-refractivity contribution in [2.45, 2.75) is 12.3 Å². The van der Waals surface area contributed by atoms with Crippen molar-refractivity contribution in [1.29, 1.82) is 0 Å². The van der Waals surface area contributed by atoms with Gasteiger partial charge in [-0.25, -0.2) is 4.98 Å². The molecule has 2 heterocycles. The van der Waals surface area contributed by atoms with E-state index in [1.54, 1.807) is 23.7 Å². The minimum absolute atomic E-state index is 0.0427. The average Bonchev–Trinajstić information content (AvgIpc) is 3.29. The van der Waals surface area contributed by atoms with Crippen molar-refractivity contribution in [2.75, 3.05) is 5.32 Å². The van der Waals surface area contributed by atoms with Gasteiger partial charge in [-0.05, 0) is 42.0 Å². The smallest absolute Gasteiger partial charge is 0.232 e. The summed E-state index contributed by atoms with van der Waals surface area (Å²) in [6.07, 6.45) is 4.10. The van der Waals surface area contributed by atoms with E-state index >= 15 is 0 Å². The molecule has 138 valence electrons. The van der Waals surface area contributed by atoms with Crippen LogP contribution in [0.15, 0.2) is 90.6 Å². The van der Waals surface area contributed by atoms with E-state index in [2.05, 4.69) is 15.3 Å². The predicted molar refractivity (Wildman–Crippen MR) is 113 cm³/mol. The average molecular weight is 385 g/mol. The molecule has 4 rings (SSSR count).